The molecule has 0 saturated heterocycles. The smallest absolute Gasteiger partial charge is 0.433 e. The summed E-state index contributed by atoms with van der Waals surface area (Å²) in [6, 6.07) is 1.43. The van der Waals surface area contributed by atoms with Gasteiger partial charge in [0.2, 0.25) is 11.9 Å². The Kier molecular flexibility index (Phi) is 6.04. The fourth-order valence-corrected chi connectivity index (χ4v) is 4.05. The van der Waals surface area contributed by atoms with Crippen LogP contribution < -0.4 is 20.3 Å². The maximum atomic E-state index is 12.6. The third-order valence-electron chi connectivity index (χ3n) is 5.75. The summed E-state index contributed by atoms with van der Waals surface area (Å²) in [4.78, 5) is 26.6. The number of rotatable bonds is 6. The highest BCUT2D eigenvalue weighted by Gasteiger charge is 2.38. The first-order chi connectivity index (χ1) is 15.6. The lowest BCUT2D eigenvalue weighted by Gasteiger charge is -2.39. The average molecular weight is 466 g/mol. The zero-order valence-electron chi connectivity index (χ0n) is 18.3. The first-order valence-electron chi connectivity index (χ1n) is 10.7. The van der Waals surface area contributed by atoms with Crippen molar-refractivity contribution in [1.82, 2.24) is 15.0 Å². The van der Waals surface area contributed by atoms with Crippen molar-refractivity contribution in [2.75, 3.05) is 22.1 Å². The van der Waals surface area contributed by atoms with Crippen molar-refractivity contribution >= 4 is 23.4 Å². The number of halogens is 3. The van der Waals surface area contributed by atoms with E-state index in [1.165, 1.54) is 6.07 Å². The SMILES string of the molecule is CCN1c2nc(NC3CC(Oc4ccc(C(F)(F)F)nc4)C3)nc(C)c2NC(=O)[C@@H]1[C@H](C)O. The molecule has 0 aromatic carbocycles. The molecule has 2 aromatic rings. The number of fused-ring (bicyclic) bond motifs is 1. The summed E-state index contributed by atoms with van der Waals surface area (Å²) in [5.74, 6) is 0.917. The number of aliphatic hydroxyl groups is 1. The molecular weight excluding hydrogens is 441 g/mol. The van der Waals surface area contributed by atoms with Gasteiger partial charge in [-0.05, 0) is 32.9 Å². The molecule has 1 aliphatic heterocycles. The summed E-state index contributed by atoms with van der Waals surface area (Å²) in [5, 5.41) is 16.1. The van der Waals surface area contributed by atoms with Crippen LogP contribution in [0.4, 0.5) is 30.6 Å². The Morgan fingerprint density at radius 3 is 2.64 bits per heavy atom. The van der Waals surface area contributed by atoms with E-state index >= 15 is 0 Å². The molecule has 1 aliphatic carbocycles. The molecule has 0 unspecified atom stereocenters. The summed E-state index contributed by atoms with van der Waals surface area (Å²) in [7, 11) is 0. The van der Waals surface area contributed by atoms with Crippen molar-refractivity contribution in [3.05, 3.63) is 29.7 Å². The van der Waals surface area contributed by atoms with E-state index in [9.17, 15) is 23.1 Å². The number of aliphatic hydroxyl groups excluding tert-OH is 1. The van der Waals surface area contributed by atoms with Crippen molar-refractivity contribution < 1.29 is 27.8 Å². The fraction of sp³-hybridized carbons (Fsp3) is 0.524. The van der Waals surface area contributed by atoms with E-state index in [0.717, 1.165) is 12.3 Å². The van der Waals surface area contributed by atoms with Gasteiger partial charge in [0.25, 0.3) is 0 Å². The number of carbonyl (C=O) groups excluding carboxylic acids is 1. The van der Waals surface area contributed by atoms with Crippen LogP contribution >= 0.6 is 0 Å². The monoisotopic (exact) mass is 466 g/mol. The Morgan fingerprint density at radius 2 is 2.06 bits per heavy atom. The van der Waals surface area contributed by atoms with Gasteiger partial charge in [-0.2, -0.15) is 18.2 Å². The number of ether oxygens (including phenoxy) is 1. The number of nitrogens with zero attached hydrogens (tertiary/aromatic N) is 4. The van der Waals surface area contributed by atoms with Crippen molar-refractivity contribution in [3.8, 4) is 5.75 Å². The molecule has 178 valence electrons. The maximum absolute atomic E-state index is 12.6. The van der Waals surface area contributed by atoms with E-state index < -0.39 is 24.0 Å². The largest absolute Gasteiger partial charge is 0.489 e. The third kappa shape index (κ3) is 4.65. The van der Waals surface area contributed by atoms with Crippen LogP contribution in [0.1, 0.15) is 38.1 Å². The fourth-order valence-electron chi connectivity index (χ4n) is 4.05. The normalized spacial score (nSPS) is 23.3. The number of alkyl halides is 3. The second-order valence-electron chi connectivity index (χ2n) is 8.22. The Hall–Kier alpha value is -3.15. The lowest BCUT2D eigenvalue weighted by molar-refractivity contribution is -0.141. The van der Waals surface area contributed by atoms with Gasteiger partial charge in [-0.15, -0.1) is 0 Å². The summed E-state index contributed by atoms with van der Waals surface area (Å²) in [5.41, 5.74) is 0.160. The predicted octanol–water partition coefficient (Wildman–Crippen LogP) is 2.75. The number of hydrogen-bond donors (Lipinski definition) is 3. The maximum Gasteiger partial charge on any atom is 0.433 e. The summed E-state index contributed by atoms with van der Waals surface area (Å²) >= 11 is 0. The second-order valence-corrected chi connectivity index (χ2v) is 8.22. The lowest BCUT2D eigenvalue weighted by Crippen LogP contribution is -2.54. The van der Waals surface area contributed by atoms with E-state index in [1.54, 1.807) is 18.7 Å². The zero-order valence-corrected chi connectivity index (χ0v) is 18.3. The second kappa shape index (κ2) is 8.65. The van der Waals surface area contributed by atoms with E-state index in [4.69, 9.17) is 4.74 Å². The Balaban J connectivity index is 1.40. The van der Waals surface area contributed by atoms with Crippen LogP contribution in [0.2, 0.25) is 0 Å². The van der Waals surface area contributed by atoms with Gasteiger partial charge in [-0.3, -0.25) is 4.79 Å². The molecule has 3 N–H and O–H groups in total. The molecule has 4 rings (SSSR count). The minimum atomic E-state index is -4.48. The summed E-state index contributed by atoms with van der Waals surface area (Å²) in [6.07, 6.45) is -3.22. The number of carbonyl (C=O) groups is 1. The number of pyridine rings is 1. The average Bonchev–Trinajstić information content (AvgIpc) is 2.71. The minimum absolute atomic E-state index is 0.0238. The molecule has 2 aliphatic rings. The summed E-state index contributed by atoms with van der Waals surface area (Å²) < 4.78 is 43.5. The standard InChI is InChI=1S/C21H25F3N6O3/c1-4-30-17(11(3)31)19(32)28-16-10(2)26-20(29-18(16)30)27-12-7-14(8-12)33-13-5-6-15(25-9-13)21(22,23)24/h5-6,9,11-12,14,17,31H,4,7-8H2,1-3H3,(H,28,32)(H,26,27,29)/t11-,12?,14?,17-/m0/s1. The van der Waals surface area contributed by atoms with Crippen molar-refractivity contribution in [1.29, 1.82) is 0 Å². The van der Waals surface area contributed by atoms with E-state index in [-0.39, 0.29) is 23.8 Å². The molecule has 0 radical (unpaired) electrons. The highest BCUT2D eigenvalue weighted by molar-refractivity contribution is 6.03. The van der Waals surface area contributed by atoms with Gasteiger partial charge in [0, 0.05) is 25.4 Å². The molecule has 1 saturated carbocycles. The molecule has 1 fully saturated rings. The molecule has 9 nitrogen and oxygen atoms in total. The third-order valence-corrected chi connectivity index (χ3v) is 5.75. The van der Waals surface area contributed by atoms with Gasteiger partial charge in [0.05, 0.1) is 18.0 Å². The number of likely N-dealkylation sites (N-methyl/N-ethyl adjacent to an activating group) is 1. The minimum Gasteiger partial charge on any atom is -0.489 e. The Labute approximate surface area is 188 Å². The number of anilines is 3. The molecule has 2 atom stereocenters. The molecule has 12 heteroatoms. The van der Waals surface area contributed by atoms with Crippen LogP contribution in [-0.4, -0.2) is 56.8 Å². The van der Waals surface area contributed by atoms with Gasteiger partial charge in [-0.25, -0.2) is 9.97 Å². The quantitative estimate of drug-likeness (QED) is 0.596. The van der Waals surface area contributed by atoms with Crippen LogP contribution in [0.25, 0.3) is 0 Å². The van der Waals surface area contributed by atoms with E-state index in [1.807, 2.05) is 6.92 Å². The molecule has 1 amide bonds. The van der Waals surface area contributed by atoms with Crippen LogP contribution in [0.15, 0.2) is 18.3 Å². The first kappa shape index (κ1) is 23.0. The first-order valence-corrected chi connectivity index (χ1v) is 10.7. The van der Waals surface area contributed by atoms with Crippen molar-refractivity contribution in [2.45, 2.75) is 64.1 Å². The van der Waals surface area contributed by atoms with E-state index in [2.05, 4.69) is 25.6 Å². The van der Waals surface area contributed by atoms with Crippen LogP contribution in [-0.2, 0) is 11.0 Å². The van der Waals surface area contributed by atoms with Gasteiger partial charge in [0.15, 0.2) is 5.82 Å². The highest BCUT2D eigenvalue weighted by Crippen LogP contribution is 2.35. The van der Waals surface area contributed by atoms with E-state index in [0.29, 0.717) is 42.5 Å². The van der Waals surface area contributed by atoms with Crippen molar-refractivity contribution in [2.24, 2.45) is 0 Å². The van der Waals surface area contributed by atoms with Gasteiger partial charge >= 0.3 is 6.18 Å². The van der Waals surface area contributed by atoms with Crippen LogP contribution in [0.3, 0.4) is 0 Å². The Bertz CT molecular complexity index is 1030. The highest BCUT2D eigenvalue weighted by atomic mass is 19.4. The predicted molar refractivity (Wildman–Crippen MR) is 114 cm³/mol. The number of aromatic nitrogens is 3. The molecule has 2 aromatic heterocycles. The zero-order chi connectivity index (χ0) is 23.9. The Morgan fingerprint density at radius 1 is 1.33 bits per heavy atom. The van der Waals surface area contributed by atoms with Crippen molar-refractivity contribution in [3.63, 3.8) is 0 Å². The summed E-state index contributed by atoms with van der Waals surface area (Å²) in [6.45, 7) is 5.69. The molecular formula is C21H25F3N6O3. The number of amides is 1. The van der Waals surface area contributed by atoms with Crippen LogP contribution in [0.5, 0.6) is 5.75 Å². The van der Waals surface area contributed by atoms with Gasteiger partial charge < -0.3 is 25.4 Å². The van der Waals surface area contributed by atoms with Crippen LogP contribution in [0, 0.1) is 6.92 Å². The molecule has 0 bridgehead atoms. The topological polar surface area (TPSA) is 113 Å². The molecule has 0 spiro atoms. The molecule has 33 heavy (non-hydrogen) atoms. The number of nitrogens with one attached hydrogen (secondary N) is 2. The lowest BCUT2D eigenvalue weighted by atomic mass is 9.89. The number of aryl methyl sites for hydroxylation is 1. The molecule has 3 heterocycles. The number of hydrogen-bond acceptors (Lipinski definition) is 8. The van der Waals surface area contributed by atoms with Gasteiger partial charge in [0.1, 0.15) is 29.3 Å². The van der Waals surface area contributed by atoms with Gasteiger partial charge in [-0.1, -0.05) is 0 Å².